The highest BCUT2D eigenvalue weighted by Crippen LogP contribution is 2.26. The Morgan fingerprint density at radius 1 is 1.53 bits per heavy atom. The van der Waals surface area contributed by atoms with Gasteiger partial charge in [-0.1, -0.05) is 0 Å². The molecule has 15 heavy (non-hydrogen) atoms. The van der Waals surface area contributed by atoms with Crippen molar-refractivity contribution in [1.82, 2.24) is 4.98 Å². The SMILES string of the molecule is COc1ccc2sc(CC(C)O)nc2c1. The Kier molecular flexibility index (Phi) is 2.88. The van der Waals surface area contributed by atoms with Crippen LogP contribution in [0.15, 0.2) is 18.2 Å². The number of rotatable bonds is 3. The minimum absolute atomic E-state index is 0.340. The zero-order valence-electron chi connectivity index (χ0n) is 8.73. The molecular weight excluding hydrogens is 210 g/mol. The number of aromatic nitrogens is 1. The minimum atomic E-state index is -0.340. The first-order chi connectivity index (χ1) is 7.19. The number of nitrogens with zero attached hydrogens (tertiary/aromatic N) is 1. The van der Waals surface area contributed by atoms with E-state index in [1.807, 2.05) is 18.2 Å². The van der Waals surface area contributed by atoms with Crippen molar-refractivity contribution in [2.75, 3.05) is 7.11 Å². The molecule has 0 aliphatic carbocycles. The summed E-state index contributed by atoms with van der Waals surface area (Å²) in [5.74, 6) is 0.816. The van der Waals surface area contributed by atoms with Gasteiger partial charge in [-0.15, -0.1) is 11.3 Å². The summed E-state index contributed by atoms with van der Waals surface area (Å²) in [5, 5.41) is 10.2. The first-order valence-electron chi connectivity index (χ1n) is 4.80. The summed E-state index contributed by atoms with van der Waals surface area (Å²) in [6.45, 7) is 1.77. The van der Waals surface area contributed by atoms with Gasteiger partial charge in [0.25, 0.3) is 0 Å². The molecule has 0 aliphatic rings. The maximum atomic E-state index is 9.27. The summed E-state index contributed by atoms with van der Waals surface area (Å²) in [4.78, 5) is 4.44. The number of thiazole rings is 1. The number of hydrogen-bond acceptors (Lipinski definition) is 4. The number of aliphatic hydroxyl groups is 1. The first kappa shape index (κ1) is 10.4. The summed E-state index contributed by atoms with van der Waals surface area (Å²) in [6, 6.07) is 5.83. The maximum absolute atomic E-state index is 9.27. The Morgan fingerprint density at radius 3 is 3.00 bits per heavy atom. The van der Waals surface area contributed by atoms with Gasteiger partial charge in [-0.2, -0.15) is 0 Å². The Bertz CT molecular complexity index is 465. The number of hydrogen-bond donors (Lipinski definition) is 1. The van der Waals surface area contributed by atoms with Crippen molar-refractivity contribution in [2.24, 2.45) is 0 Å². The van der Waals surface area contributed by atoms with Gasteiger partial charge in [0.05, 0.1) is 28.4 Å². The van der Waals surface area contributed by atoms with Gasteiger partial charge in [0.2, 0.25) is 0 Å². The van der Waals surface area contributed by atoms with E-state index in [1.165, 1.54) is 0 Å². The predicted molar refractivity (Wildman–Crippen MR) is 61.6 cm³/mol. The zero-order chi connectivity index (χ0) is 10.8. The molecule has 2 rings (SSSR count). The molecule has 0 radical (unpaired) electrons. The summed E-state index contributed by atoms with van der Waals surface area (Å²) < 4.78 is 6.26. The van der Waals surface area contributed by atoms with E-state index in [0.29, 0.717) is 6.42 Å². The smallest absolute Gasteiger partial charge is 0.121 e. The molecule has 0 aliphatic heterocycles. The summed E-state index contributed by atoms with van der Waals surface area (Å²) in [6.07, 6.45) is 0.272. The number of ether oxygens (including phenoxy) is 1. The van der Waals surface area contributed by atoms with Crippen molar-refractivity contribution in [1.29, 1.82) is 0 Å². The van der Waals surface area contributed by atoms with Crippen LogP contribution >= 0.6 is 11.3 Å². The fraction of sp³-hybridized carbons (Fsp3) is 0.364. The van der Waals surface area contributed by atoms with Gasteiger partial charge in [-0.25, -0.2) is 4.98 Å². The number of benzene rings is 1. The van der Waals surface area contributed by atoms with Gasteiger partial charge in [0, 0.05) is 12.5 Å². The monoisotopic (exact) mass is 223 g/mol. The molecule has 1 unspecified atom stereocenters. The third-order valence-electron chi connectivity index (χ3n) is 2.11. The largest absolute Gasteiger partial charge is 0.497 e. The van der Waals surface area contributed by atoms with Crippen molar-refractivity contribution in [2.45, 2.75) is 19.4 Å². The van der Waals surface area contributed by atoms with Gasteiger partial charge in [-0.05, 0) is 19.1 Å². The molecule has 1 aromatic carbocycles. The van der Waals surface area contributed by atoms with Crippen molar-refractivity contribution in [3.05, 3.63) is 23.2 Å². The molecule has 0 fully saturated rings. The fourth-order valence-electron chi connectivity index (χ4n) is 1.42. The van der Waals surface area contributed by atoms with Crippen LogP contribution in [-0.2, 0) is 6.42 Å². The maximum Gasteiger partial charge on any atom is 0.121 e. The Hall–Kier alpha value is -1.13. The van der Waals surface area contributed by atoms with E-state index < -0.39 is 0 Å². The molecule has 1 atom stereocenters. The molecule has 1 aromatic heterocycles. The van der Waals surface area contributed by atoms with Crippen LogP contribution in [0, 0.1) is 0 Å². The van der Waals surface area contributed by atoms with Gasteiger partial charge < -0.3 is 9.84 Å². The molecular formula is C11H13NO2S. The van der Waals surface area contributed by atoms with Gasteiger partial charge >= 0.3 is 0 Å². The average molecular weight is 223 g/mol. The molecule has 80 valence electrons. The lowest BCUT2D eigenvalue weighted by molar-refractivity contribution is 0.195. The van der Waals surface area contributed by atoms with Crippen LogP contribution in [0.3, 0.4) is 0 Å². The average Bonchev–Trinajstić information content (AvgIpc) is 2.57. The number of methoxy groups -OCH3 is 1. The van der Waals surface area contributed by atoms with E-state index in [4.69, 9.17) is 4.74 Å². The molecule has 0 spiro atoms. The fourth-order valence-corrected chi connectivity index (χ4v) is 2.49. The second kappa shape index (κ2) is 4.16. The van der Waals surface area contributed by atoms with Crippen LogP contribution in [0.4, 0.5) is 0 Å². The molecule has 2 aromatic rings. The van der Waals surface area contributed by atoms with Crippen LogP contribution in [0.2, 0.25) is 0 Å². The highest BCUT2D eigenvalue weighted by molar-refractivity contribution is 7.18. The Balaban J connectivity index is 2.37. The molecule has 0 bridgehead atoms. The predicted octanol–water partition coefficient (Wildman–Crippen LogP) is 2.23. The highest BCUT2D eigenvalue weighted by atomic mass is 32.1. The van der Waals surface area contributed by atoms with Gasteiger partial charge in [0.15, 0.2) is 0 Å². The van der Waals surface area contributed by atoms with Crippen molar-refractivity contribution in [3.8, 4) is 5.75 Å². The third-order valence-corrected chi connectivity index (χ3v) is 3.17. The second-order valence-corrected chi connectivity index (χ2v) is 4.61. The van der Waals surface area contributed by atoms with Gasteiger partial charge in [-0.3, -0.25) is 0 Å². The first-order valence-corrected chi connectivity index (χ1v) is 5.62. The topological polar surface area (TPSA) is 42.4 Å². The lowest BCUT2D eigenvalue weighted by Crippen LogP contribution is -2.03. The normalized spacial score (nSPS) is 13.0. The standard InChI is InChI=1S/C11H13NO2S/c1-7(13)5-11-12-9-6-8(14-2)3-4-10(9)15-11/h3-4,6-7,13H,5H2,1-2H3. The highest BCUT2D eigenvalue weighted by Gasteiger charge is 2.07. The molecule has 1 N–H and O–H groups in total. The second-order valence-electron chi connectivity index (χ2n) is 3.49. The lowest BCUT2D eigenvalue weighted by Gasteiger charge is -1.97. The van der Waals surface area contributed by atoms with E-state index in [1.54, 1.807) is 25.4 Å². The molecule has 1 heterocycles. The summed E-state index contributed by atoms with van der Waals surface area (Å²) in [5.41, 5.74) is 0.940. The van der Waals surface area contributed by atoms with E-state index in [2.05, 4.69) is 4.98 Å². The zero-order valence-corrected chi connectivity index (χ0v) is 9.54. The Morgan fingerprint density at radius 2 is 2.33 bits per heavy atom. The Labute approximate surface area is 92.3 Å². The van der Waals surface area contributed by atoms with Crippen molar-refractivity contribution in [3.63, 3.8) is 0 Å². The lowest BCUT2D eigenvalue weighted by atomic mass is 10.3. The van der Waals surface area contributed by atoms with E-state index in [0.717, 1.165) is 21.0 Å². The molecule has 4 heteroatoms. The van der Waals surface area contributed by atoms with Crippen LogP contribution in [0.25, 0.3) is 10.2 Å². The van der Waals surface area contributed by atoms with E-state index in [9.17, 15) is 5.11 Å². The molecule has 0 amide bonds. The number of fused-ring (bicyclic) bond motifs is 1. The van der Waals surface area contributed by atoms with Gasteiger partial charge in [0.1, 0.15) is 5.75 Å². The molecule has 0 saturated heterocycles. The van der Waals surface area contributed by atoms with Crippen molar-refractivity contribution >= 4 is 21.6 Å². The molecule has 0 saturated carbocycles. The van der Waals surface area contributed by atoms with E-state index in [-0.39, 0.29) is 6.10 Å². The minimum Gasteiger partial charge on any atom is -0.497 e. The van der Waals surface area contributed by atoms with E-state index >= 15 is 0 Å². The summed E-state index contributed by atoms with van der Waals surface area (Å²) >= 11 is 1.62. The van der Waals surface area contributed by atoms with Crippen LogP contribution in [-0.4, -0.2) is 23.3 Å². The third kappa shape index (κ3) is 2.27. The van der Waals surface area contributed by atoms with Crippen LogP contribution < -0.4 is 4.74 Å². The van der Waals surface area contributed by atoms with Crippen LogP contribution in [0.1, 0.15) is 11.9 Å². The van der Waals surface area contributed by atoms with Crippen molar-refractivity contribution < 1.29 is 9.84 Å². The number of aliphatic hydroxyl groups excluding tert-OH is 1. The molecule has 3 nitrogen and oxygen atoms in total. The summed E-state index contributed by atoms with van der Waals surface area (Å²) in [7, 11) is 1.64. The van der Waals surface area contributed by atoms with Crippen LogP contribution in [0.5, 0.6) is 5.75 Å². The quantitative estimate of drug-likeness (QED) is 0.867.